The van der Waals surface area contributed by atoms with Crippen molar-refractivity contribution < 1.29 is 13.2 Å². The first-order valence-corrected chi connectivity index (χ1v) is 12.1. The van der Waals surface area contributed by atoms with E-state index in [1.165, 1.54) is 0 Å². The zero-order chi connectivity index (χ0) is 20.9. The Hall–Kier alpha value is -2.45. The van der Waals surface area contributed by atoms with Crippen LogP contribution >= 0.6 is 0 Å². The Morgan fingerprint density at radius 3 is 2.77 bits per heavy atom. The van der Waals surface area contributed by atoms with Crippen LogP contribution in [0.3, 0.4) is 0 Å². The third-order valence-corrected chi connectivity index (χ3v) is 8.03. The predicted molar refractivity (Wildman–Crippen MR) is 117 cm³/mol. The maximum absolute atomic E-state index is 12.7. The molecule has 4 heterocycles. The number of pyridine rings is 2. The number of anilines is 1. The lowest BCUT2D eigenvalue weighted by Crippen LogP contribution is -2.44. The zero-order valence-corrected chi connectivity index (χ0v) is 18.1. The smallest absolute Gasteiger partial charge is 0.157 e. The van der Waals surface area contributed by atoms with Gasteiger partial charge in [-0.25, -0.2) is 18.4 Å². The molecule has 0 radical (unpaired) electrons. The number of hydrogen-bond acceptors (Lipinski definition) is 6. The number of H-pyrrole nitrogens is 1. The summed E-state index contributed by atoms with van der Waals surface area (Å²) in [5.74, 6) is 0.834. The Bertz CT molecular complexity index is 1200. The van der Waals surface area contributed by atoms with Gasteiger partial charge in [-0.3, -0.25) is 0 Å². The van der Waals surface area contributed by atoms with Crippen LogP contribution in [0.1, 0.15) is 31.0 Å². The molecule has 30 heavy (non-hydrogen) atoms. The van der Waals surface area contributed by atoms with Crippen LogP contribution in [0.4, 0.5) is 5.82 Å². The molecular formula is C22H26N4O3S. The van der Waals surface area contributed by atoms with Crippen LogP contribution < -0.4 is 4.90 Å². The van der Waals surface area contributed by atoms with E-state index in [0.29, 0.717) is 18.9 Å². The number of rotatable bonds is 5. The monoisotopic (exact) mass is 426 g/mol. The van der Waals surface area contributed by atoms with Crippen LogP contribution in [0, 0.1) is 6.92 Å². The molecule has 1 atom stereocenters. The summed E-state index contributed by atoms with van der Waals surface area (Å²) in [6.07, 6.45) is 1.55. The molecule has 2 fully saturated rings. The van der Waals surface area contributed by atoms with E-state index in [2.05, 4.69) is 16.8 Å². The van der Waals surface area contributed by atoms with Crippen LogP contribution in [-0.4, -0.2) is 54.4 Å². The molecule has 1 saturated heterocycles. The van der Waals surface area contributed by atoms with E-state index in [0.717, 1.165) is 53.2 Å². The first-order chi connectivity index (χ1) is 14.4. The number of aromatic amines is 1. The van der Waals surface area contributed by atoms with Crippen molar-refractivity contribution in [2.24, 2.45) is 0 Å². The van der Waals surface area contributed by atoms with E-state index < -0.39 is 9.84 Å². The number of nitrogens with zero attached hydrogens (tertiary/aromatic N) is 3. The van der Waals surface area contributed by atoms with Crippen molar-refractivity contribution in [3.05, 3.63) is 41.6 Å². The molecule has 0 aromatic carbocycles. The van der Waals surface area contributed by atoms with Crippen molar-refractivity contribution in [2.75, 3.05) is 24.7 Å². The van der Waals surface area contributed by atoms with Crippen LogP contribution in [0.25, 0.3) is 22.4 Å². The fourth-order valence-corrected chi connectivity index (χ4v) is 5.79. The van der Waals surface area contributed by atoms with Gasteiger partial charge in [0.2, 0.25) is 0 Å². The van der Waals surface area contributed by atoms with Crippen LogP contribution in [-0.2, 0) is 20.3 Å². The topological polar surface area (TPSA) is 88.2 Å². The molecule has 1 N–H and O–H groups in total. The summed E-state index contributed by atoms with van der Waals surface area (Å²) in [5.41, 5.74) is 5.12. The first-order valence-electron chi connectivity index (χ1n) is 10.4. The summed E-state index contributed by atoms with van der Waals surface area (Å²) in [6, 6.07) is 9.91. The number of aryl methyl sites for hydroxylation is 1. The summed E-state index contributed by atoms with van der Waals surface area (Å²) >= 11 is 0. The van der Waals surface area contributed by atoms with Gasteiger partial charge < -0.3 is 14.6 Å². The minimum absolute atomic E-state index is 0.0460. The molecule has 2 aliphatic rings. The Morgan fingerprint density at radius 2 is 2.00 bits per heavy atom. The van der Waals surface area contributed by atoms with E-state index in [1.807, 2.05) is 37.3 Å². The highest BCUT2D eigenvalue weighted by Gasteiger charge is 2.35. The number of sulfone groups is 1. The Balaban J connectivity index is 1.58. The Kier molecular flexibility index (Phi) is 4.78. The minimum atomic E-state index is -3.13. The summed E-state index contributed by atoms with van der Waals surface area (Å²) in [6.45, 7) is 6.10. The average molecular weight is 427 g/mol. The van der Waals surface area contributed by atoms with Crippen molar-refractivity contribution in [1.29, 1.82) is 0 Å². The third kappa shape index (κ3) is 3.81. The number of aromatic nitrogens is 3. The maximum atomic E-state index is 12.7. The molecule has 3 aromatic rings. The first kappa shape index (κ1) is 19.5. The highest BCUT2D eigenvalue weighted by Crippen LogP contribution is 2.33. The molecule has 3 aromatic heterocycles. The molecule has 1 unspecified atom stereocenters. The van der Waals surface area contributed by atoms with Gasteiger partial charge in [0.1, 0.15) is 5.82 Å². The molecule has 158 valence electrons. The molecule has 0 spiro atoms. The predicted octanol–water partition coefficient (Wildman–Crippen LogP) is 3.24. The lowest BCUT2D eigenvalue weighted by molar-refractivity contribution is 0.0985. The number of morpholine rings is 1. The highest BCUT2D eigenvalue weighted by molar-refractivity contribution is 7.91. The lowest BCUT2D eigenvalue weighted by atomic mass is 10.1. The normalized spacial score (nSPS) is 20.1. The summed E-state index contributed by atoms with van der Waals surface area (Å²) in [7, 11) is -3.13. The molecule has 5 rings (SSSR count). The van der Waals surface area contributed by atoms with Gasteiger partial charge in [-0.15, -0.1) is 0 Å². The van der Waals surface area contributed by atoms with E-state index in [1.54, 1.807) is 0 Å². The SMILES string of the molecule is Cc1cc2nc(-c3cc(CS(=O)(=O)C4CC4)cc(N4CCOCC4C)n3)ccc2[nH]1. The van der Waals surface area contributed by atoms with Crippen LogP contribution in [0.15, 0.2) is 30.3 Å². The van der Waals surface area contributed by atoms with Crippen molar-refractivity contribution in [3.8, 4) is 11.4 Å². The minimum Gasteiger partial charge on any atom is -0.377 e. The van der Waals surface area contributed by atoms with Gasteiger partial charge in [0.25, 0.3) is 0 Å². The maximum Gasteiger partial charge on any atom is 0.157 e. The fourth-order valence-electron chi connectivity index (χ4n) is 4.06. The molecule has 1 saturated carbocycles. The molecule has 1 aliphatic heterocycles. The van der Waals surface area contributed by atoms with Crippen molar-refractivity contribution >= 4 is 26.7 Å². The molecule has 7 nitrogen and oxygen atoms in total. The summed E-state index contributed by atoms with van der Waals surface area (Å²) < 4.78 is 30.9. The second-order valence-corrected chi connectivity index (χ2v) is 10.7. The zero-order valence-electron chi connectivity index (χ0n) is 17.3. The van der Waals surface area contributed by atoms with Gasteiger partial charge in [0.05, 0.1) is 52.7 Å². The van der Waals surface area contributed by atoms with Gasteiger partial charge in [0, 0.05) is 12.2 Å². The fraction of sp³-hybridized carbons (Fsp3) is 0.455. The second kappa shape index (κ2) is 7.35. The summed E-state index contributed by atoms with van der Waals surface area (Å²) in [4.78, 5) is 15.1. The van der Waals surface area contributed by atoms with E-state index >= 15 is 0 Å². The van der Waals surface area contributed by atoms with Gasteiger partial charge in [-0.05, 0) is 62.6 Å². The molecule has 1 aliphatic carbocycles. The Morgan fingerprint density at radius 1 is 1.17 bits per heavy atom. The standard InChI is InChI=1S/C22H26N4O3S/c1-14-9-20-18(23-14)5-6-19(24-20)21-10-16(13-30(27,28)17-3-4-17)11-22(25-21)26-7-8-29-12-15(26)2/h5-6,9-11,15,17,23H,3-4,7-8,12-13H2,1-2H3. The van der Waals surface area contributed by atoms with Crippen molar-refractivity contribution in [1.82, 2.24) is 15.0 Å². The van der Waals surface area contributed by atoms with E-state index in [-0.39, 0.29) is 17.0 Å². The Labute approximate surface area is 176 Å². The van der Waals surface area contributed by atoms with E-state index in [4.69, 9.17) is 14.7 Å². The van der Waals surface area contributed by atoms with Gasteiger partial charge in [0.15, 0.2) is 9.84 Å². The van der Waals surface area contributed by atoms with Crippen LogP contribution in [0.5, 0.6) is 0 Å². The molecule has 8 heteroatoms. The van der Waals surface area contributed by atoms with Gasteiger partial charge in [-0.1, -0.05) is 0 Å². The summed E-state index contributed by atoms with van der Waals surface area (Å²) in [5, 5.41) is -0.183. The highest BCUT2D eigenvalue weighted by atomic mass is 32.2. The largest absolute Gasteiger partial charge is 0.377 e. The average Bonchev–Trinajstić information content (AvgIpc) is 3.50. The second-order valence-electron chi connectivity index (χ2n) is 8.42. The lowest BCUT2D eigenvalue weighted by Gasteiger charge is -2.34. The molecular weight excluding hydrogens is 400 g/mol. The van der Waals surface area contributed by atoms with Crippen molar-refractivity contribution in [3.63, 3.8) is 0 Å². The quantitative estimate of drug-likeness (QED) is 0.674. The third-order valence-electron chi connectivity index (χ3n) is 5.81. The number of hydrogen-bond donors (Lipinski definition) is 1. The number of nitrogens with one attached hydrogen (secondary N) is 1. The van der Waals surface area contributed by atoms with E-state index in [9.17, 15) is 8.42 Å². The van der Waals surface area contributed by atoms with Crippen molar-refractivity contribution in [2.45, 2.75) is 43.7 Å². The molecule has 0 amide bonds. The number of fused-ring (bicyclic) bond motifs is 1. The molecule has 0 bridgehead atoms. The van der Waals surface area contributed by atoms with Gasteiger partial charge >= 0.3 is 0 Å². The number of ether oxygens (including phenoxy) is 1. The van der Waals surface area contributed by atoms with Crippen LogP contribution in [0.2, 0.25) is 0 Å². The van der Waals surface area contributed by atoms with Gasteiger partial charge in [-0.2, -0.15) is 0 Å².